The van der Waals surface area contributed by atoms with Crippen LogP contribution in [0.3, 0.4) is 0 Å². The van der Waals surface area contributed by atoms with E-state index in [2.05, 4.69) is 22.2 Å². The van der Waals surface area contributed by atoms with Crippen molar-refractivity contribution < 1.29 is 4.79 Å². The first kappa shape index (κ1) is 16.0. The maximum atomic E-state index is 12.5. The van der Waals surface area contributed by atoms with Crippen LogP contribution < -0.4 is 11.1 Å². The lowest BCUT2D eigenvalue weighted by atomic mass is 10.2. The van der Waals surface area contributed by atoms with E-state index >= 15 is 0 Å². The molecule has 7 heteroatoms. The number of thiazole rings is 1. The van der Waals surface area contributed by atoms with Gasteiger partial charge in [0, 0.05) is 25.7 Å². The number of hydrogen-bond acceptors (Lipinski definition) is 6. The number of nitrogens with zero attached hydrogens (tertiary/aromatic N) is 3. The van der Waals surface area contributed by atoms with Crippen molar-refractivity contribution in [3.05, 3.63) is 4.88 Å². The van der Waals surface area contributed by atoms with Crippen LogP contribution in [0, 0.1) is 0 Å². The van der Waals surface area contributed by atoms with Gasteiger partial charge < -0.3 is 20.9 Å². The van der Waals surface area contributed by atoms with E-state index in [1.54, 1.807) is 4.90 Å². The Hall–Kier alpha value is -1.34. The summed E-state index contributed by atoms with van der Waals surface area (Å²) in [5, 5.41) is 3.89. The van der Waals surface area contributed by atoms with E-state index in [1.807, 2.05) is 20.9 Å². The van der Waals surface area contributed by atoms with Crippen LogP contribution in [0.5, 0.6) is 0 Å². The van der Waals surface area contributed by atoms with Crippen LogP contribution in [0.15, 0.2) is 0 Å². The van der Waals surface area contributed by atoms with Crippen molar-refractivity contribution in [1.29, 1.82) is 0 Å². The minimum Gasteiger partial charge on any atom is -0.382 e. The topological polar surface area (TPSA) is 74.5 Å². The van der Waals surface area contributed by atoms with Gasteiger partial charge in [-0.15, -0.1) is 0 Å². The molecule has 1 atom stereocenters. The van der Waals surface area contributed by atoms with Crippen LogP contribution in [-0.4, -0.2) is 60.0 Å². The quantitative estimate of drug-likeness (QED) is 0.866. The molecule has 0 radical (unpaired) electrons. The fourth-order valence-corrected chi connectivity index (χ4v) is 3.60. The zero-order valence-electron chi connectivity index (χ0n) is 13.2. The lowest BCUT2D eigenvalue weighted by molar-refractivity contribution is 0.0767. The van der Waals surface area contributed by atoms with Gasteiger partial charge in [-0.25, -0.2) is 4.98 Å². The molecule has 3 N–H and O–H groups in total. The van der Waals surface area contributed by atoms with Crippen LogP contribution >= 0.6 is 11.3 Å². The highest BCUT2D eigenvalue weighted by Gasteiger charge is 2.26. The molecule has 1 amide bonds. The second-order valence-electron chi connectivity index (χ2n) is 5.99. The SMILES string of the molecule is CC(C)Nc1nc(N)c(C(=O)N(C)CC2CCCN2C)s1. The second-order valence-corrected chi connectivity index (χ2v) is 6.99. The first-order valence-electron chi connectivity index (χ1n) is 7.37. The van der Waals surface area contributed by atoms with Gasteiger partial charge in [0.1, 0.15) is 10.7 Å². The van der Waals surface area contributed by atoms with Crippen LogP contribution in [-0.2, 0) is 0 Å². The van der Waals surface area contributed by atoms with Gasteiger partial charge >= 0.3 is 0 Å². The molecule has 0 saturated carbocycles. The number of amides is 1. The maximum absolute atomic E-state index is 12.5. The number of carbonyl (C=O) groups excluding carboxylic acids is 1. The molecular formula is C14H25N5OS. The Morgan fingerprint density at radius 1 is 1.62 bits per heavy atom. The van der Waals surface area contributed by atoms with Crippen molar-refractivity contribution in [3.63, 3.8) is 0 Å². The van der Waals surface area contributed by atoms with Crippen LogP contribution in [0.2, 0.25) is 0 Å². The Bertz CT molecular complexity index is 502. The number of carbonyl (C=O) groups is 1. The summed E-state index contributed by atoms with van der Waals surface area (Å²) in [6.07, 6.45) is 2.35. The van der Waals surface area contributed by atoms with Gasteiger partial charge in [0.25, 0.3) is 5.91 Å². The van der Waals surface area contributed by atoms with Gasteiger partial charge in [0.2, 0.25) is 0 Å². The lowest BCUT2D eigenvalue weighted by Gasteiger charge is -2.25. The number of likely N-dealkylation sites (N-methyl/N-ethyl adjacent to an activating group) is 2. The highest BCUT2D eigenvalue weighted by atomic mass is 32.1. The number of likely N-dealkylation sites (tertiary alicyclic amines) is 1. The molecule has 1 aliphatic rings. The predicted octanol–water partition coefficient (Wildman–Crippen LogP) is 1.71. The molecule has 1 unspecified atom stereocenters. The van der Waals surface area contributed by atoms with E-state index in [-0.39, 0.29) is 11.9 Å². The summed E-state index contributed by atoms with van der Waals surface area (Å²) < 4.78 is 0. The van der Waals surface area contributed by atoms with E-state index in [4.69, 9.17) is 5.73 Å². The van der Waals surface area contributed by atoms with Crippen molar-refractivity contribution in [3.8, 4) is 0 Å². The third-order valence-electron chi connectivity index (χ3n) is 3.76. The van der Waals surface area contributed by atoms with Gasteiger partial charge in [-0.3, -0.25) is 4.79 Å². The molecule has 6 nitrogen and oxygen atoms in total. The van der Waals surface area contributed by atoms with Gasteiger partial charge in [0.05, 0.1) is 0 Å². The molecule has 1 aromatic rings. The summed E-state index contributed by atoms with van der Waals surface area (Å²) in [4.78, 5) is 21.4. The van der Waals surface area contributed by atoms with Crippen LogP contribution in [0.4, 0.5) is 10.9 Å². The Morgan fingerprint density at radius 2 is 2.33 bits per heavy atom. The number of anilines is 2. The molecule has 21 heavy (non-hydrogen) atoms. The Balaban J connectivity index is 2.03. The Morgan fingerprint density at radius 3 is 2.90 bits per heavy atom. The molecule has 1 aromatic heterocycles. The van der Waals surface area contributed by atoms with Gasteiger partial charge in [0.15, 0.2) is 5.13 Å². The molecule has 0 aliphatic carbocycles. The fraction of sp³-hybridized carbons (Fsp3) is 0.714. The van der Waals surface area contributed by atoms with Crippen molar-refractivity contribution >= 4 is 28.2 Å². The molecular weight excluding hydrogens is 286 g/mol. The normalized spacial score (nSPS) is 19.2. The number of nitrogens with two attached hydrogens (primary N) is 1. The molecule has 118 valence electrons. The molecule has 0 bridgehead atoms. The molecule has 1 saturated heterocycles. The van der Waals surface area contributed by atoms with Crippen LogP contribution in [0.1, 0.15) is 36.4 Å². The number of rotatable bonds is 5. The first-order chi connectivity index (χ1) is 9.88. The van der Waals surface area contributed by atoms with Crippen molar-refractivity contribution in [1.82, 2.24) is 14.8 Å². The third kappa shape index (κ3) is 3.85. The number of nitrogen functional groups attached to an aromatic ring is 1. The zero-order valence-corrected chi connectivity index (χ0v) is 14.0. The van der Waals surface area contributed by atoms with Gasteiger partial charge in [-0.1, -0.05) is 11.3 Å². The molecule has 0 aromatic carbocycles. The van der Waals surface area contributed by atoms with E-state index in [1.165, 1.54) is 17.8 Å². The maximum Gasteiger partial charge on any atom is 0.267 e. The zero-order chi connectivity index (χ0) is 15.6. The van der Waals surface area contributed by atoms with E-state index < -0.39 is 0 Å². The second kappa shape index (κ2) is 6.62. The largest absolute Gasteiger partial charge is 0.382 e. The lowest BCUT2D eigenvalue weighted by Crippen LogP contribution is -2.39. The molecule has 2 rings (SSSR count). The minimum atomic E-state index is -0.0397. The molecule has 1 fully saturated rings. The summed E-state index contributed by atoms with van der Waals surface area (Å²) >= 11 is 1.33. The average molecular weight is 311 g/mol. The van der Waals surface area contributed by atoms with Crippen molar-refractivity contribution in [2.24, 2.45) is 0 Å². The first-order valence-corrected chi connectivity index (χ1v) is 8.18. The van der Waals surface area contributed by atoms with Crippen molar-refractivity contribution in [2.45, 2.75) is 38.8 Å². The summed E-state index contributed by atoms with van der Waals surface area (Å²) in [5.74, 6) is 0.280. The Labute approximate surface area is 130 Å². The highest BCUT2D eigenvalue weighted by molar-refractivity contribution is 7.18. The minimum absolute atomic E-state index is 0.0397. The van der Waals surface area contributed by atoms with Crippen molar-refractivity contribution in [2.75, 3.05) is 38.2 Å². The highest BCUT2D eigenvalue weighted by Crippen LogP contribution is 2.27. The fourth-order valence-electron chi connectivity index (χ4n) is 2.58. The summed E-state index contributed by atoms with van der Waals surface area (Å²) in [7, 11) is 3.95. The van der Waals surface area contributed by atoms with E-state index in [0.29, 0.717) is 21.9 Å². The molecule has 0 spiro atoms. The third-order valence-corrected chi connectivity index (χ3v) is 4.75. The monoisotopic (exact) mass is 311 g/mol. The molecule has 1 aliphatic heterocycles. The average Bonchev–Trinajstić information content (AvgIpc) is 2.95. The number of hydrogen-bond donors (Lipinski definition) is 2. The van der Waals surface area contributed by atoms with Crippen LogP contribution in [0.25, 0.3) is 0 Å². The smallest absolute Gasteiger partial charge is 0.267 e. The van der Waals surface area contributed by atoms with E-state index in [9.17, 15) is 4.79 Å². The number of nitrogens with one attached hydrogen (secondary N) is 1. The number of aromatic nitrogens is 1. The predicted molar refractivity (Wildman–Crippen MR) is 87.9 cm³/mol. The standard InChI is InChI=1S/C14H25N5OS/c1-9(2)16-14-17-12(15)11(21-14)13(20)19(4)8-10-6-5-7-18(10)3/h9-10H,5-8,15H2,1-4H3,(H,16,17). The molecule has 2 heterocycles. The van der Waals surface area contributed by atoms with Gasteiger partial charge in [-0.05, 0) is 40.3 Å². The van der Waals surface area contributed by atoms with E-state index in [0.717, 1.165) is 19.5 Å². The summed E-state index contributed by atoms with van der Waals surface area (Å²) in [6.45, 7) is 5.90. The summed E-state index contributed by atoms with van der Waals surface area (Å²) in [6, 6.07) is 0.713. The van der Waals surface area contributed by atoms with Gasteiger partial charge in [-0.2, -0.15) is 0 Å². The Kier molecular flexibility index (Phi) is 5.05. The summed E-state index contributed by atoms with van der Waals surface area (Å²) in [5.41, 5.74) is 5.89.